The van der Waals surface area contributed by atoms with Crippen molar-refractivity contribution in [1.82, 2.24) is 10.6 Å². The van der Waals surface area contributed by atoms with Gasteiger partial charge >= 0.3 is 6.61 Å². The number of alkyl halides is 2. The summed E-state index contributed by atoms with van der Waals surface area (Å²) in [6, 6.07) is 4.60. The largest absolute Gasteiger partial charge is 0.490 e. The van der Waals surface area contributed by atoms with Gasteiger partial charge in [-0.25, -0.2) is 0 Å². The lowest BCUT2D eigenvalue weighted by Crippen LogP contribution is -2.26. The number of carbonyl (C=O) groups excluding carboxylic acids is 1. The Morgan fingerprint density at radius 2 is 2.05 bits per heavy atom. The van der Waals surface area contributed by atoms with E-state index in [0.717, 1.165) is 5.56 Å². The maximum absolute atomic E-state index is 12.3. The molecule has 0 radical (unpaired) electrons. The highest BCUT2D eigenvalue weighted by Gasteiger charge is 2.11. The number of ether oxygens (including phenoxy) is 2. The average Bonchev–Trinajstić information content (AvgIpc) is 2.45. The van der Waals surface area contributed by atoms with Crippen molar-refractivity contribution in [3.05, 3.63) is 23.8 Å². The van der Waals surface area contributed by atoms with E-state index in [-0.39, 0.29) is 29.8 Å². The van der Waals surface area contributed by atoms with Crippen LogP contribution < -0.4 is 20.1 Å². The fraction of sp³-hybridized carbons (Fsp3) is 0.500. The molecule has 1 aromatic carbocycles. The van der Waals surface area contributed by atoms with Gasteiger partial charge in [-0.2, -0.15) is 8.78 Å². The molecule has 0 aliphatic rings. The molecule has 1 aromatic rings. The van der Waals surface area contributed by atoms with Gasteiger partial charge in [0.15, 0.2) is 11.5 Å². The Morgan fingerprint density at radius 1 is 1.32 bits per heavy atom. The fourth-order valence-electron chi connectivity index (χ4n) is 1.65. The summed E-state index contributed by atoms with van der Waals surface area (Å²) in [5.41, 5.74) is 0.748. The van der Waals surface area contributed by atoms with Crippen LogP contribution in [0.2, 0.25) is 0 Å². The number of carbonyl (C=O) groups is 1. The lowest BCUT2D eigenvalue weighted by molar-refractivity contribution is -0.121. The first-order chi connectivity index (χ1) is 10.1. The summed E-state index contributed by atoms with van der Waals surface area (Å²) >= 11 is 0. The highest BCUT2D eigenvalue weighted by atomic mass is 35.5. The maximum Gasteiger partial charge on any atom is 0.387 e. The third-order valence-corrected chi connectivity index (χ3v) is 2.62. The van der Waals surface area contributed by atoms with Crippen LogP contribution in [0.25, 0.3) is 0 Å². The summed E-state index contributed by atoms with van der Waals surface area (Å²) in [6.45, 7) is 0.0707. The molecule has 0 heterocycles. The Morgan fingerprint density at radius 3 is 2.64 bits per heavy atom. The van der Waals surface area contributed by atoms with E-state index in [1.807, 2.05) is 0 Å². The predicted octanol–water partition coefficient (Wildman–Crippen LogP) is 2.33. The van der Waals surface area contributed by atoms with Crippen LogP contribution >= 0.6 is 12.4 Å². The second-order valence-corrected chi connectivity index (χ2v) is 4.22. The third-order valence-electron chi connectivity index (χ3n) is 2.62. The van der Waals surface area contributed by atoms with Crippen molar-refractivity contribution >= 4 is 18.3 Å². The second kappa shape index (κ2) is 11.0. The summed E-state index contributed by atoms with van der Waals surface area (Å²) in [7, 11) is 1.77. The van der Waals surface area contributed by atoms with Crippen LogP contribution in [0, 0.1) is 0 Å². The first-order valence-electron chi connectivity index (χ1n) is 6.68. The van der Waals surface area contributed by atoms with Gasteiger partial charge in [-0.3, -0.25) is 4.79 Å². The van der Waals surface area contributed by atoms with E-state index in [9.17, 15) is 13.6 Å². The van der Waals surface area contributed by atoms with Gasteiger partial charge in [0.05, 0.1) is 6.61 Å². The lowest BCUT2D eigenvalue weighted by Gasteiger charge is -2.13. The van der Waals surface area contributed by atoms with Gasteiger partial charge < -0.3 is 20.1 Å². The van der Waals surface area contributed by atoms with Crippen LogP contribution in [0.15, 0.2) is 18.2 Å². The van der Waals surface area contributed by atoms with Crippen molar-refractivity contribution < 1.29 is 23.0 Å². The first-order valence-corrected chi connectivity index (χ1v) is 6.68. The van der Waals surface area contributed by atoms with Crippen LogP contribution in [-0.2, 0) is 11.3 Å². The number of benzene rings is 1. The number of nitrogens with one attached hydrogen (secondary N) is 2. The zero-order chi connectivity index (χ0) is 15.7. The van der Waals surface area contributed by atoms with Crippen molar-refractivity contribution in [2.75, 3.05) is 20.2 Å². The highest BCUT2D eigenvalue weighted by molar-refractivity contribution is 5.85. The molecule has 2 N–H and O–H groups in total. The van der Waals surface area contributed by atoms with E-state index >= 15 is 0 Å². The van der Waals surface area contributed by atoms with E-state index < -0.39 is 6.61 Å². The van der Waals surface area contributed by atoms with Crippen LogP contribution in [-0.4, -0.2) is 32.7 Å². The lowest BCUT2D eigenvalue weighted by atomic mass is 10.2. The molecule has 126 valence electrons. The van der Waals surface area contributed by atoms with Crippen LogP contribution in [0.1, 0.15) is 18.9 Å². The number of halogens is 3. The molecule has 0 aromatic heterocycles. The number of amides is 1. The van der Waals surface area contributed by atoms with Crippen molar-refractivity contribution in [3.63, 3.8) is 0 Å². The number of hydrogen-bond donors (Lipinski definition) is 2. The zero-order valence-electron chi connectivity index (χ0n) is 12.5. The molecule has 1 rings (SSSR count). The highest BCUT2D eigenvalue weighted by Crippen LogP contribution is 2.29. The summed E-state index contributed by atoms with van der Waals surface area (Å²) in [5.74, 6) is 0.132. The first kappa shape index (κ1) is 20.4. The monoisotopic (exact) mass is 338 g/mol. The summed E-state index contributed by atoms with van der Waals surface area (Å²) in [6.07, 6.45) is 0.376. The molecule has 0 spiro atoms. The minimum atomic E-state index is -2.91. The van der Waals surface area contributed by atoms with Gasteiger partial charge in [0.2, 0.25) is 5.91 Å². The maximum atomic E-state index is 12.3. The molecule has 0 aliphatic heterocycles. The molecular weight excluding hydrogens is 318 g/mol. The summed E-state index contributed by atoms with van der Waals surface area (Å²) in [4.78, 5) is 11.5. The normalized spacial score (nSPS) is 10.0. The van der Waals surface area contributed by atoms with E-state index in [1.54, 1.807) is 26.1 Å². The van der Waals surface area contributed by atoms with Gasteiger partial charge in [0.1, 0.15) is 0 Å². The number of hydrogen-bond acceptors (Lipinski definition) is 4. The van der Waals surface area contributed by atoms with Gasteiger partial charge in [-0.15, -0.1) is 12.4 Å². The molecule has 0 atom stereocenters. The van der Waals surface area contributed by atoms with Gasteiger partial charge in [-0.05, 0) is 31.7 Å². The Hall–Kier alpha value is -1.60. The van der Waals surface area contributed by atoms with Crippen LogP contribution in [0.5, 0.6) is 11.5 Å². The quantitative estimate of drug-likeness (QED) is 0.725. The molecule has 5 nitrogen and oxygen atoms in total. The Kier molecular flexibility index (Phi) is 10.2. The number of rotatable bonds is 9. The van der Waals surface area contributed by atoms with Crippen LogP contribution in [0.4, 0.5) is 8.78 Å². The smallest absolute Gasteiger partial charge is 0.387 e. The third kappa shape index (κ3) is 7.42. The van der Waals surface area contributed by atoms with Crippen molar-refractivity contribution in [3.8, 4) is 11.5 Å². The minimum Gasteiger partial charge on any atom is -0.490 e. The molecule has 22 heavy (non-hydrogen) atoms. The summed E-state index contributed by atoms with van der Waals surface area (Å²) < 4.78 is 34.2. The molecule has 1 amide bonds. The second-order valence-electron chi connectivity index (χ2n) is 4.22. The zero-order valence-corrected chi connectivity index (χ0v) is 13.3. The van der Waals surface area contributed by atoms with Crippen LogP contribution in [0.3, 0.4) is 0 Å². The van der Waals surface area contributed by atoms with E-state index in [4.69, 9.17) is 4.74 Å². The van der Waals surface area contributed by atoms with Crippen molar-refractivity contribution in [1.29, 1.82) is 0 Å². The molecule has 8 heteroatoms. The minimum absolute atomic E-state index is 0. The molecule has 0 aliphatic carbocycles. The van der Waals surface area contributed by atoms with E-state index in [1.165, 1.54) is 6.07 Å². The molecule has 0 saturated carbocycles. The molecule has 0 fully saturated rings. The Bertz CT molecular complexity index is 462. The molecule has 0 unspecified atom stereocenters. The Balaban J connectivity index is 0.00000441. The van der Waals surface area contributed by atoms with Crippen molar-refractivity contribution in [2.24, 2.45) is 0 Å². The average molecular weight is 339 g/mol. The molecule has 0 bridgehead atoms. The Labute approximate surface area is 134 Å². The standard InChI is InChI=1S/C14H20F2N2O3.ClH/c1-3-20-12-8-10(4-5-11(12)21-14(15)16)9-18-13(19)6-7-17-2;/h4-5,8,14,17H,3,6-7,9H2,1-2H3,(H,18,19);1H. The predicted molar refractivity (Wildman–Crippen MR) is 81.9 cm³/mol. The topological polar surface area (TPSA) is 59.6 Å². The van der Waals surface area contributed by atoms with Gasteiger partial charge in [0, 0.05) is 19.5 Å². The van der Waals surface area contributed by atoms with Gasteiger partial charge in [0.25, 0.3) is 0 Å². The van der Waals surface area contributed by atoms with Gasteiger partial charge in [-0.1, -0.05) is 6.07 Å². The summed E-state index contributed by atoms with van der Waals surface area (Å²) in [5, 5.41) is 5.62. The fourth-order valence-corrected chi connectivity index (χ4v) is 1.65. The SMILES string of the molecule is CCOc1cc(CNC(=O)CCNC)ccc1OC(F)F.Cl. The van der Waals surface area contributed by atoms with E-state index in [2.05, 4.69) is 15.4 Å². The van der Waals surface area contributed by atoms with E-state index in [0.29, 0.717) is 26.1 Å². The molecular formula is C14H21ClF2N2O3. The van der Waals surface area contributed by atoms with Crippen molar-refractivity contribution in [2.45, 2.75) is 26.5 Å². The molecule has 0 saturated heterocycles.